The number of amides is 1. The average molecular weight is 382 g/mol. The van der Waals surface area contributed by atoms with Gasteiger partial charge in [-0.2, -0.15) is 0 Å². The first kappa shape index (κ1) is 19.6. The molecular weight excluding hydrogens is 358 g/mol. The molecule has 1 heterocycles. The van der Waals surface area contributed by atoms with E-state index in [9.17, 15) is 13.2 Å². The van der Waals surface area contributed by atoms with Gasteiger partial charge < -0.3 is 5.32 Å². The number of hydrogen-bond acceptors (Lipinski definition) is 5. The molecular formula is C17H23N3O3S2. The second-order valence-corrected chi connectivity index (χ2v) is 8.99. The van der Waals surface area contributed by atoms with Crippen molar-refractivity contribution in [2.45, 2.75) is 51.6 Å². The van der Waals surface area contributed by atoms with Crippen LogP contribution >= 0.6 is 11.3 Å². The molecule has 2 rings (SSSR count). The molecule has 1 amide bonds. The van der Waals surface area contributed by atoms with Gasteiger partial charge in [0.1, 0.15) is 0 Å². The van der Waals surface area contributed by atoms with Gasteiger partial charge in [0.25, 0.3) is 5.91 Å². The van der Waals surface area contributed by atoms with Crippen molar-refractivity contribution in [1.29, 1.82) is 0 Å². The molecule has 0 aliphatic carbocycles. The van der Waals surface area contributed by atoms with Crippen molar-refractivity contribution in [3.05, 3.63) is 45.4 Å². The summed E-state index contributed by atoms with van der Waals surface area (Å²) in [6.45, 7) is 7.78. The number of carbonyl (C=O) groups is 1. The van der Waals surface area contributed by atoms with Crippen molar-refractivity contribution in [3.63, 3.8) is 0 Å². The van der Waals surface area contributed by atoms with E-state index in [1.807, 2.05) is 27.7 Å². The van der Waals surface area contributed by atoms with E-state index < -0.39 is 10.0 Å². The van der Waals surface area contributed by atoms with Crippen molar-refractivity contribution in [3.8, 4) is 0 Å². The highest BCUT2D eigenvalue weighted by atomic mass is 32.2. The Bertz CT molecular complexity index is 858. The molecule has 1 aromatic heterocycles. The van der Waals surface area contributed by atoms with Crippen LogP contribution in [0, 0.1) is 6.92 Å². The normalized spacial score (nSPS) is 11.7. The lowest BCUT2D eigenvalue weighted by Crippen LogP contribution is -2.30. The second kappa shape index (κ2) is 8.07. The fourth-order valence-electron chi connectivity index (χ4n) is 2.32. The number of sulfonamides is 1. The number of hydrogen-bond donors (Lipinski definition) is 2. The van der Waals surface area contributed by atoms with E-state index in [1.165, 1.54) is 23.5 Å². The Balaban J connectivity index is 2.17. The van der Waals surface area contributed by atoms with Gasteiger partial charge in [-0.1, -0.05) is 13.0 Å². The van der Waals surface area contributed by atoms with Gasteiger partial charge in [-0.3, -0.25) is 4.79 Å². The SMILES string of the molecule is CCc1nc(C)sc1CNS(=O)(=O)c1cccc(C(=O)NC(C)C)c1. The molecule has 0 aliphatic rings. The van der Waals surface area contributed by atoms with E-state index in [0.717, 1.165) is 22.0 Å². The van der Waals surface area contributed by atoms with E-state index in [0.29, 0.717) is 5.56 Å². The summed E-state index contributed by atoms with van der Waals surface area (Å²) in [6, 6.07) is 6.01. The Kier molecular flexibility index (Phi) is 6.31. The molecule has 0 unspecified atom stereocenters. The van der Waals surface area contributed by atoms with E-state index in [4.69, 9.17) is 0 Å². The Morgan fingerprint density at radius 2 is 2.04 bits per heavy atom. The monoisotopic (exact) mass is 381 g/mol. The lowest BCUT2D eigenvalue weighted by molar-refractivity contribution is 0.0943. The highest BCUT2D eigenvalue weighted by Crippen LogP contribution is 2.19. The molecule has 2 aromatic rings. The highest BCUT2D eigenvalue weighted by molar-refractivity contribution is 7.89. The van der Waals surface area contributed by atoms with Crippen LogP contribution < -0.4 is 10.0 Å². The highest BCUT2D eigenvalue weighted by Gasteiger charge is 2.18. The molecule has 8 heteroatoms. The molecule has 0 saturated carbocycles. The number of carbonyl (C=O) groups excluding carboxylic acids is 1. The second-order valence-electron chi connectivity index (χ2n) is 5.94. The molecule has 25 heavy (non-hydrogen) atoms. The van der Waals surface area contributed by atoms with Crippen LogP contribution in [0.3, 0.4) is 0 Å². The third-order valence-electron chi connectivity index (χ3n) is 3.47. The molecule has 0 atom stereocenters. The van der Waals surface area contributed by atoms with Gasteiger partial charge in [0.15, 0.2) is 0 Å². The fraction of sp³-hybridized carbons (Fsp3) is 0.412. The van der Waals surface area contributed by atoms with Crippen LogP contribution in [0.25, 0.3) is 0 Å². The van der Waals surface area contributed by atoms with Crippen LogP contribution in [0.4, 0.5) is 0 Å². The number of nitrogens with one attached hydrogen (secondary N) is 2. The fourth-order valence-corrected chi connectivity index (χ4v) is 4.42. The minimum atomic E-state index is -3.71. The number of aryl methyl sites for hydroxylation is 2. The smallest absolute Gasteiger partial charge is 0.251 e. The number of aromatic nitrogens is 1. The van der Waals surface area contributed by atoms with E-state index in [2.05, 4.69) is 15.0 Å². The van der Waals surface area contributed by atoms with E-state index >= 15 is 0 Å². The predicted molar refractivity (Wildman–Crippen MR) is 99.3 cm³/mol. The molecule has 0 aliphatic heterocycles. The van der Waals surface area contributed by atoms with E-state index in [1.54, 1.807) is 12.1 Å². The topological polar surface area (TPSA) is 88.2 Å². The summed E-state index contributed by atoms with van der Waals surface area (Å²) >= 11 is 1.49. The standard InChI is InChI=1S/C17H23N3O3S2/c1-5-15-16(24-12(4)20-15)10-18-25(22,23)14-8-6-7-13(9-14)17(21)19-11(2)3/h6-9,11,18H,5,10H2,1-4H3,(H,19,21). The summed E-state index contributed by atoms with van der Waals surface area (Å²) < 4.78 is 27.7. The van der Waals surface area contributed by atoms with Crippen molar-refractivity contribution in [1.82, 2.24) is 15.0 Å². The maximum atomic E-state index is 12.6. The van der Waals surface area contributed by atoms with Gasteiger partial charge in [0.05, 0.1) is 15.6 Å². The van der Waals surface area contributed by atoms with Crippen LogP contribution in [0.2, 0.25) is 0 Å². The molecule has 1 aromatic carbocycles. The third-order valence-corrected chi connectivity index (χ3v) is 5.88. The summed E-state index contributed by atoms with van der Waals surface area (Å²) in [5.74, 6) is -0.293. The zero-order valence-corrected chi connectivity index (χ0v) is 16.4. The molecule has 0 saturated heterocycles. The Morgan fingerprint density at radius 1 is 1.32 bits per heavy atom. The molecule has 0 fully saturated rings. The molecule has 0 bridgehead atoms. The van der Waals surface area contributed by atoms with Gasteiger partial charge in [-0.25, -0.2) is 18.1 Å². The van der Waals surface area contributed by atoms with Crippen molar-refractivity contribution < 1.29 is 13.2 Å². The van der Waals surface area contributed by atoms with Crippen LogP contribution in [0.1, 0.15) is 46.7 Å². The number of nitrogens with zero attached hydrogens (tertiary/aromatic N) is 1. The summed E-state index contributed by atoms with van der Waals surface area (Å²) in [7, 11) is -3.71. The number of thiazole rings is 1. The van der Waals surface area contributed by atoms with Gasteiger partial charge >= 0.3 is 0 Å². The zero-order chi connectivity index (χ0) is 18.6. The van der Waals surface area contributed by atoms with Crippen molar-refractivity contribution in [2.24, 2.45) is 0 Å². The largest absolute Gasteiger partial charge is 0.350 e. The van der Waals surface area contributed by atoms with Gasteiger partial charge in [-0.15, -0.1) is 11.3 Å². The maximum absolute atomic E-state index is 12.6. The van der Waals surface area contributed by atoms with Crippen LogP contribution in [-0.4, -0.2) is 25.4 Å². The summed E-state index contributed by atoms with van der Waals surface area (Å²) in [5, 5.41) is 3.67. The molecule has 6 nitrogen and oxygen atoms in total. The van der Waals surface area contributed by atoms with Crippen LogP contribution in [0.15, 0.2) is 29.2 Å². The average Bonchev–Trinajstić information content (AvgIpc) is 2.92. The molecule has 0 spiro atoms. The molecule has 2 N–H and O–H groups in total. The Hall–Kier alpha value is -1.77. The minimum absolute atomic E-state index is 0.0204. The zero-order valence-electron chi connectivity index (χ0n) is 14.8. The first-order chi connectivity index (χ1) is 11.7. The first-order valence-corrected chi connectivity index (χ1v) is 10.4. The maximum Gasteiger partial charge on any atom is 0.251 e. The lowest BCUT2D eigenvalue weighted by atomic mass is 10.2. The summed E-state index contributed by atoms with van der Waals surface area (Å²) in [6.07, 6.45) is 0.756. The summed E-state index contributed by atoms with van der Waals surface area (Å²) in [5.41, 5.74) is 1.23. The molecule has 0 radical (unpaired) electrons. The van der Waals surface area contributed by atoms with Gasteiger partial charge in [-0.05, 0) is 45.4 Å². The van der Waals surface area contributed by atoms with E-state index in [-0.39, 0.29) is 23.4 Å². The third kappa shape index (κ3) is 5.10. The Labute approximate surface area is 152 Å². The Morgan fingerprint density at radius 3 is 2.68 bits per heavy atom. The quantitative estimate of drug-likeness (QED) is 0.772. The van der Waals surface area contributed by atoms with Crippen molar-refractivity contribution >= 4 is 27.3 Å². The molecule has 136 valence electrons. The van der Waals surface area contributed by atoms with Crippen molar-refractivity contribution in [2.75, 3.05) is 0 Å². The lowest BCUT2D eigenvalue weighted by Gasteiger charge is -2.10. The minimum Gasteiger partial charge on any atom is -0.350 e. The van der Waals surface area contributed by atoms with Gasteiger partial charge in [0.2, 0.25) is 10.0 Å². The van der Waals surface area contributed by atoms with Crippen LogP contribution in [-0.2, 0) is 23.0 Å². The number of rotatable bonds is 7. The predicted octanol–water partition coefficient (Wildman–Crippen LogP) is 2.63. The number of benzene rings is 1. The van der Waals surface area contributed by atoms with Gasteiger partial charge in [0, 0.05) is 23.0 Å². The first-order valence-electron chi connectivity index (χ1n) is 8.08. The summed E-state index contributed by atoms with van der Waals surface area (Å²) in [4.78, 5) is 17.5. The van der Waals surface area contributed by atoms with Crippen LogP contribution in [0.5, 0.6) is 0 Å².